The summed E-state index contributed by atoms with van der Waals surface area (Å²) in [6.07, 6.45) is 0.145. The fraction of sp³-hybridized carbons (Fsp3) is 0.125. The van der Waals surface area contributed by atoms with Crippen molar-refractivity contribution in [3.63, 3.8) is 0 Å². The van der Waals surface area contributed by atoms with E-state index < -0.39 is 0 Å². The van der Waals surface area contributed by atoms with Crippen molar-refractivity contribution in [3.8, 4) is 11.5 Å². The van der Waals surface area contributed by atoms with Gasteiger partial charge in [0, 0.05) is 11.1 Å². The number of carbonyl (C=O) groups is 2. The summed E-state index contributed by atoms with van der Waals surface area (Å²) >= 11 is 5.80. The van der Waals surface area contributed by atoms with E-state index in [1.165, 1.54) is 0 Å². The van der Waals surface area contributed by atoms with E-state index in [1.807, 2.05) is 0 Å². The summed E-state index contributed by atoms with van der Waals surface area (Å²) in [5, 5.41) is 3.29. The number of benzene rings is 2. The summed E-state index contributed by atoms with van der Waals surface area (Å²) in [5.74, 6) is 0.257. The normalized spacial score (nSPS) is 12.9. The summed E-state index contributed by atoms with van der Waals surface area (Å²) in [7, 11) is 0. The van der Waals surface area contributed by atoms with Crippen molar-refractivity contribution in [3.05, 3.63) is 53.1 Å². The van der Waals surface area contributed by atoms with Crippen LogP contribution >= 0.6 is 11.6 Å². The third-order valence-corrected chi connectivity index (χ3v) is 3.33. The fourth-order valence-corrected chi connectivity index (χ4v) is 2.18. The Kier molecular flexibility index (Phi) is 3.98. The summed E-state index contributed by atoms with van der Waals surface area (Å²) < 4.78 is 10.5. The maximum absolute atomic E-state index is 11.9. The van der Waals surface area contributed by atoms with Gasteiger partial charge in [-0.3, -0.25) is 9.59 Å². The number of ether oxygens (including phenoxy) is 2. The Morgan fingerprint density at radius 3 is 2.77 bits per heavy atom. The van der Waals surface area contributed by atoms with Gasteiger partial charge in [-0.25, -0.2) is 0 Å². The Morgan fingerprint density at radius 2 is 2.00 bits per heavy atom. The van der Waals surface area contributed by atoms with Crippen molar-refractivity contribution in [1.29, 1.82) is 0 Å². The molecule has 0 saturated carbocycles. The zero-order valence-electron chi connectivity index (χ0n) is 11.5. The van der Waals surface area contributed by atoms with Gasteiger partial charge in [-0.15, -0.1) is 0 Å². The van der Waals surface area contributed by atoms with E-state index >= 15 is 0 Å². The van der Waals surface area contributed by atoms with Crippen LogP contribution in [-0.2, 0) is 16.0 Å². The number of anilines is 1. The maximum Gasteiger partial charge on any atom is 0.315 e. The molecule has 0 atom stereocenters. The minimum absolute atomic E-state index is 0.0465. The smallest absolute Gasteiger partial charge is 0.315 e. The van der Waals surface area contributed by atoms with Gasteiger partial charge >= 0.3 is 5.97 Å². The quantitative estimate of drug-likeness (QED) is 0.698. The number of nitrogens with one attached hydrogen (secondary N) is 1. The lowest BCUT2D eigenvalue weighted by molar-refractivity contribution is -0.133. The number of carbonyl (C=O) groups excluding carboxylic acids is 2. The Labute approximate surface area is 131 Å². The van der Waals surface area contributed by atoms with Gasteiger partial charge in [-0.05, 0) is 29.8 Å². The van der Waals surface area contributed by atoms with Gasteiger partial charge in [0.15, 0.2) is 6.61 Å². The van der Waals surface area contributed by atoms with Crippen molar-refractivity contribution >= 4 is 29.2 Å². The average Bonchev–Trinajstić information content (AvgIpc) is 2.50. The van der Waals surface area contributed by atoms with E-state index in [2.05, 4.69) is 5.32 Å². The lowest BCUT2D eigenvalue weighted by Gasteiger charge is -2.18. The molecule has 0 fully saturated rings. The van der Waals surface area contributed by atoms with Crippen LogP contribution in [0.2, 0.25) is 5.02 Å². The van der Waals surface area contributed by atoms with Crippen LogP contribution in [-0.4, -0.2) is 18.5 Å². The lowest BCUT2D eigenvalue weighted by atomic mass is 10.1. The number of hydrogen-bond donors (Lipinski definition) is 1. The molecule has 0 aliphatic carbocycles. The molecule has 0 bridgehead atoms. The Bertz CT molecular complexity index is 727. The summed E-state index contributed by atoms with van der Waals surface area (Å²) in [4.78, 5) is 23.1. The van der Waals surface area contributed by atoms with Crippen molar-refractivity contribution in [1.82, 2.24) is 0 Å². The summed E-state index contributed by atoms with van der Waals surface area (Å²) in [6.45, 7) is -0.0465. The van der Waals surface area contributed by atoms with E-state index in [0.29, 0.717) is 22.2 Å². The van der Waals surface area contributed by atoms with Crippen LogP contribution in [0, 0.1) is 0 Å². The molecule has 1 amide bonds. The second-order valence-electron chi connectivity index (χ2n) is 4.77. The van der Waals surface area contributed by atoms with E-state index in [-0.39, 0.29) is 24.9 Å². The second kappa shape index (κ2) is 6.07. The molecule has 0 saturated heterocycles. The molecule has 112 valence electrons. The zero-order chi connectivity index (χ0) is 15.5. The molecule has 0 unspecified atom stereocenters. The SMILES string of the molecule is O=C1COc2cc(OC(=O)Cc3ccc(Cl)cc3)ccc2N1. The van der Waals surface area contributed by atoms with Crippen LogP contribution in [0.25, 0.3) is 0 Å². The molecule has 22 heavy (non-hydrogen) atoms. The molecule has 1 aliphatic heterocycles. The minimum Gasteiger partial charge on any atom is -0.481 e. The van der Waals surface area contributed by atoms with E-state index in [1.54, 1.807) is 42.5 Å². The number of halogens is 1. The molecule has 3 rings (SSSR count). The summed E-state index contributed by atoms with van der Waals surface area (Å²) in [5.41, 5.74) is 1.38. The maximum atomic E-state index is 11.9. The Morgan fingerprint density at radius 1 is 1.23 bits per heavy atom. The number of hydrogen-bond acceptors (Lipinski definition) is 4. The highest BCUT2D eigenvalue weighted by molar-refractivity contribution is 6.30. The van der Waals surface area contributed by atoms with Gasteiger partial charge in [0.05, 0.1) is 12.1 Å². The van der Waals surface area contributed by atoms with Gasteiger partial charge in [0.25, 0.3) is 5.91 Å². The van der Waals surface area contributed by atoms with Gasteiger partial charge in [0.2, 0.25) is 0 Å². The molecule has 1 aliphatic rings. The summed E-state index contributed by atoms with van der Waals surface area (Å²) in [6, 6.07) is 11.8. The largest absolute Gasteiger partial charge is 0.481 e. The third-order valence-electron chi connectivity index (χ3n) is 3.08. The molecule has 5 nitrogen and oxygen atoms in total. The van der Waals surface area contributed by atoms with Crippen molar-refractivity contribution in [2.24, 2.45) is 0 Å². The predicted octanol–water partition coefficient (Wildman–Crippen LogP) is 2.82. The molecule has 6 heteroatoms. The number of amides is 1. The molecular formula is C16H12ClNO4. The predicted molar refractivity (Wildman–Crippen MR) is 81.4 cm³/mol. The van der Waals surface area contributed by atoms with Crippen LogP contribution in [0.15, 0.2) is 42.5 Å². The van der Waals surface area contributed by atoms with E-state index in [0.717, 1.165) is 5.56 Å². The van der Waals surface area contributed by atoms with E-state index in [9.17, 15) is 9.59 Å². The zero-order valence-corrected chi connectivity index (χ0v) is 12.2. The van der Waals surface area contributed by atoms with E-state index in [4.69, 9.17) is 21.1 Å². The first-order valence-corrected chi connectivity index (χ1v) is 7.00. The van der Waals surface area contributed by atoms with Crippen LogP contribution in [0.5, 0.6) is 11.5 Å². The standard InChI is InChI=1S/C16H12ClNO4/c17-11-3-1-10(2-4-11)7-16(20)22-12-5-6-13-14(8-12)21-9-15(19)18-13/h1-6,8H,7,9H2,(H,18,19). The van der Waals surface area contributed by atoms with Crippen LogP contribution in [0.1, 0.15) is 5.56 Å². The minimum atomic E-state index is -0.387. The van der Waals surface area contributed by atoms with Gasteiger partial charge < -0.3 is 14.8 Å². The van der Waals surface area contributed by atoms with Gasteiger partial charge in [-0.1, -0.05) is 23.7 Å². The number of fused-ring (bicyclic) bond motifs is 1. The van der Waals surface area contributed by atoms with Crippen molar-refractivity contribution in [2.75, 3.05) is 11.9 Å². The Hall–Kier alpha value is -2.53. The molecule has 2 aromatic carbocycles. The lowest BCUT2D eigenvalue weighted by Crippen LogP contribution is -2.25. The molecule has 1 N–H and O–H groups in total. The average molecular weight is 318 g/mol. The molecule has 1 heterocycles. The molecule has 0 spiro atoms. The molecule has 0 radical (unpaired) electrons. The molecule has 2 aromatic rings. The number of esters is 1. The Balaban J connectivity index is 1.66. The monoisotopic (exact) mass is 317 g/mol. The van der Waals surface area contributed by atoms with Crippen LogP contribution in [0.3, 0.4) is 0 Å². The first-order valence-electron chi connectivity index (χ1n) is 6.62. The first-order chi connectivity index (χ1) is 10.6. The van der Waals surface area contributed by atoms with Gasteiger partial charge in [0.1, 0.15) is 11.5 Å². The molecule has 0 aromatic heterocycles. The fourth-order valence-electron chi connectivity index (χ4n) is 2.05. The molecular weight excluding hydrogens is 306 g/mol. The second-order valence-corrected chi connectivity index (χ2v) is 5.21. The highest BCUT2D eigenvalue weighted by atomic mass is 35.5. The topological polar surface area (TPSA) is 64.6 Å². The number of rotatable bonds is 3. The van der Waals surface area contributed by atoms with Gasteiger partial charge in [-0.2, -0.15) is 0 Å². The van der Waals surface area contributed by atoms with Crippen LogP contribution < -0.4 is 14.8 Å². The highest BCUT2D eigenvalue weighted by Gasteiger charge is 2.17. The van der Waals surface area contributed by atoms with Crippen molar-refractivity contribution in [2.45, 2.75) is 6.42 Å². The van der Waals surface area contributed by atoms with Crippen LogP contribution in [0.4, 0.5) is 5.69 Å². The first kappa shape index (κ1) is 14.4. The van der Waals surface area contributed by atoms with Crippen molar-refractivity contribution < 1.29 is 19.1 Å². The highest BCUT2D eigenvalue weighted by Crippen LogP contribution is 2.31. The third kappa shape index (κ3) is 3.38.